The van der Waals surface area contributed by atoms with E-state index in [1.165, 1.54) is 49.2 Å². The van der Waals surface area contributed by atoms with E-state index in [1.807, 2.05) is 0 Å². The Morgan fingerprint density at radius 1 is 1.05 bits per heavy atom. The Balaban J connectivity index is 1.71. The lowest BCUT2D eigenvalue weighted by Gasteiger charge is -2.28. The maximum Gasteiger partial charge on any atom is 0.115 e. The summed E-state index contributed by atoms with van der Waals surface area (Å²) in [7, 11) is 0. The van der Waals surface area contributed by atoms with E-state index in [9.17, 15) is 5.11 Å². The first-order valence-electron chi connectivity index (χ1n) is 7.31. The van der Waals surface area contributed by atoms with Gasteiger partial charge >= 0.3 is 0 Å². The average Bonchev–Trinajstić information content (AvgIpc) is 2.45. The third kappa shape index (κ3) is 4.96. The van der Waals surface area contributed by atoms with Crippen LogP contribution in [0.4, 0.5) is 0 Å². The molecule has 0 radical (unpaired) electrons. The molecule has 1 aromatic carbocycles. The van der Waals surface area contributed by atoms with Gasteiger partial charge in [-0.3, -0.25) is 0 Å². The number of phenols is 1. The van der Waals surface area contributed by atoms with Gasteiger partial charge in [0.2, 0.25) is 0 Å². The van der Waals surface area contributed by atoms with Crippen molar-refractivity contribution in [2.75, 3.05) is 11.5 Å². The zero-order valence-corrected chi connectivity index (χ0v) is 13.3. The summed E-state index contributed by atoms with van der Waals surface area (Å²) in [6, 6.07) is 7.71. The number of benzene rings is 1. The number of aromatic hydroxyl groups is 1. The quantitative estimate of drug-likeness (QED) is 0.704. The third-order valence-electron chi connectivity index (χ3n) is 3.60. The molecule has 0 spiro atoms. The molecule has 1 fully saturated rings. The fourth-order valence-corrected chi connectivity index (χ4v) is 5.56. The fourth-order valence-electron chi connectivity index (χ4n) is 2.39. The van der Waals surface area contributed by atoms with Crippen LogP contribution < -0.4 is 0 Å². The van der Waals surface area contributed by atoms with E-state index in [0.717, 1.165) is 5.92 Å². The van der Waals surface area contributed by atoms with Gasteiger partial charge in [0.15, 0.2) is 0 Å². The Labute approximate surface area is 125 Å². The van der Waals surface area contributed by atoms with E-state index in [-0.39, 0.29) is 0 Å². The summed E-state index contributed by atoms with van der Waals surface area (Å²) in [6.07, 6.45) is 6.94. The summed E-state index contributed by atoms with van der Waals surface area (Å²) in [5, 5.41) is 9.32. The van der Waals surface area contributed by atoms with Crippen LogP contribution in [0.5, 0.6) is 5.75 Å². The topological polar surface area (TPSA) is 20.2 Å². The van der Waals surface area contributed by atoms with Gasteiger partial charge in [0.05, 0.1) is 4.58 Å². The second-order valence-corrected chi connectivity index (χ2v) is 7.88. The summed E-state index contributed by atoms with van der Waals surface area (Å²) in [6.45, 7) is 2.27. The van der Waals surface area contributed by atoms with Crippen molar-refractivity contribution >= 4 is 23.5 Å². The highest BCUT2D eigenvalue weighted by atomic mass is 32.2. The van der Waals surface area contributed by atoms with Crippen LogP contribution >= 0.6 is 23.5 Å². The van der Waals surface area contributed by atoms with Crippen molar-refractivity contribution in [2.24, 2.45) is 5.92 Å². The zero-order chi connectivity index (χ0) is 13.5. The van der Waals surface area contributed by atoms with Crippen molar-refractivity contribution in [3.8, 4) is 5.75 Å². The van der Waals surface area contributed by atoms with Crippen LogP contribution in [0.15, 0.2) is 24.3 Å². The molecule has 106 valence electrons. The molecule has 19 heavy (non-hydrogen) atoms. The summed E-state index contributed by atoms with van der Waals surface area (Å²) < 4.78 is 0.562. The number of phenolic OH excluding ortho intramolecular Hbond substituents is 1. The standard InChI is InChI=1S/C16H24OS2/c1-2-3-4-5-6-13-11-18-16(19-12-13)14-7-9-15(17)10-8-14/h7-10,13,16-17H,2-6,11-12H2,1H3. The predicted octanol–water partition coefficient (Wildman–Crippen LogP) is 5.46. The zero-order valence-electron chi connectivity index (χ0n) is 11.7. The van der Waals surface area contributed by atoms with E-state index in [2.05, 4.69) is 42.6 Å². The highest BCUT2D eigenvalue weighted by Gasteiger charge is 2.22. The first kappa shape index (κ1) is 15.1. The number of hydrogen-bond acceptors (Lipinski definition) is 3. The van der Waals surface area contributed by atoms with Crippen LogP contribution in [0.2, 0.25) is 0 Å². The lowest BCUT2D eigenvalue weighted by atomic mass is 10.0. The minimum atomic E-state index is 0.364. The van der Waals surface area contributed by atoms with Gasteiger partial charge in [-0.25, -0.2) is 0 Å². The minimum Gasteiger partial charge on any atom is -0.508 e. The van der Waals surface area contributed by atoms with E-state index < -0.39 is 0 Å². The second-order valence-electron chi connectivity index (χ2n) is 5.31. The highest BCUT2D eigenvalue weighted by Crippen LogP contribution is 2.46. The number of unbranched alkanes of at least 4 members (excludes halogenated alkanes) is 3. The van der Waals surface area contributed by atoms with Gasteiger partial charge in [0.25, 0.3) is 0 Å². The largest absolute Gasteiger partial charge is 0.508 e. The third-order valence-corrected chi connectivity index (χ3v) is 6.89. The Morgan fingerprint density at radius 3 is 2.37 bits per heavy atom. The summed E-state index contributed by atoms with van der Waals surface area (Å²) in [5.74, 6) is 3.86. The lowest BCUT2D eigenvalue weighted by molar-refractivity contribution is 0.475. The molecule has 1 saturated heterocycles. The minimum absolute atomic E-state index is 0.364. The van der Waals surface area contributed by atoms with Gasteiger partial charge in [-0.15, -0.1) is 23.5 Å². The van der Waals surface area contributed by atoms with Crippen LogP contribution in [0, 0.1) is 5.92 Å². The highest BCUT2D eigenvalue weighted by molar-refractivity contribution is 8.16. The van der Waals surface area contributed by atoms with Gasteiger partial charge < -0.3 is 5.11 Å². The van der Waals surface area contributed by atoms with E-state index in [0.29, 0.717) is 10.3 Å². The van der Waals surface area contributed by atoms with Gasteiger partial charge in [-0.05, 0) is 41.5 Å². The van der Waals surface area contributed by atoms with Crippen molar-refractivity contribution in [2.45, 2.75) is 43.6 Å². The molecular weight excluding hydrogens is 272 g/mol. The Bertz CT molecular complexity index is 356. The molecule has 0 amide bonds. The lowest BCUT2D eigenvalue weighted by Crippen LogP contribution is -2.14. The van der Waals surface area contributed by atoms with Gasteiger partial charge in [-0.2, -0.15) is 0 Å². The molecule has 1 aliphatic rings. The molecule has 1 N–H and O–H groups in total. The first-order valence-corrected chi connectivity index (χ1v) is 9.41. The molecular formula is C16H24OS2. The van der Waals surface area contributed by atoms with Crippen molar-refractivity contribution in [1.82, 2.24) is 0 Å². The maximum atomic E-state index is 9.32. The molecule has 0 unspecified atom stereocenters. The van der Waals surface area contributed by atoms with Crippen molar-refractivity contribution in [3.05, 3.63) is 29.8 Å². The smallest absolute Gasteiger partial charge is 0.115 e. The number of thioether (sulfide) groups is 2. The Morgan fingerprint density at radius 2 is 1.74 bits per heavy atom. The number of rotatable bonds is 6. The summed E-state index contributed by atoms with van der Waals surface area (Å²) in [4.78, 5) is 0. The van der Waals surface area contributed by atoms with Crippen LogP contribution in [0.1, 0.15) is 49.2 Å². The van der Waals surface area contributed by atoms with Crippen LogP contribution in [-0.4, -0.2) is 16.6 Å². The molecule has 0 aliphatic carbocycles. The summed E-state index contributed by atoms with van der Waals surface area (Å²) >= 11 is 4.15. The molecule has 1 heterocycles. The molecule has 2 rings (SSSR count). The van der Waals surface area contributed by atoms with Gasteiger partial charge in [-0.1, -0.05) is 44.7 Å². The first-order chi connectivity index (χ1) is 9.29. The monoisotopic (exact) mass is 296 g/mol. The average molecular weight is 297 g/mol. The SMILES string of the molecule is CCCCCCC1CSC(c2ccc(O)cc2)SC1. The molecule has 1 nitrogen and oxygen atoms in total. The van der Waals surface area contributed by atoms with E-state index in [1.54, 1.807) is 12.1 Å². The number of hydrogen-bond donors (Lipinski definition) is 1. The Hall–Kier alpha value is -0.280. The normalized spacial score (nSPS) is 23.4. The molecule has 0 aromatic heterocycles. The van der Waals surface area contributed by atoms with Crippen molar-refractivity contribution < 1.29 is 5.11 Å². The van der Waals surface area contributed by atoms with Crippen molar-refractivity contribution in [3.63, 3.8) is 0 Å². The van der Waals surface area contributed by atoms with E-state index >= 15 is 0 Å². The molecule has 1 aliphatic heterocycles. The molecule has 3 heteroatoms. The molecule has 0 saturated carbocycles. The second kappa shape index (κ2) is 8.11. The Kier molecular flexibility index (Phi) is 6.45. The molecule has 1 aromatic rings. The summed E-state index contributed by atoms with van der Waals surface area (Å²) in [5.41, 5.74) is 1.34. The predicted molar refractivity (Wildman–Crippen MR) is 88.0 cm³/mol. The fraction of sp³-hybridized carbons (Fsp3) is 0.625. The van der Waals surface area contributed by atoms with Crippen LogP contribution in [-0.2, 0) is 0 Å². The van der Waals surface area contributed by atoms with E-state index in [4.69, 9.17) is 0 Å². The van der Waals surface area contributed by atoms with Gasteiger partial charge in [0.1, 0.15) is 5.75 Å². The van der Waals surface area contributed by atoms with Crippen LogP contribution in [0.3, 0.4) is 0 Å². The molecule has 0 atom stereocenters. The van der Waals surface area contributed by atoms with Crippen LogP contribution in [0.25, 0.3) is 0 Å². The maximum absolute atomic E-state index is 9.32. The van der Waals surface area contributed by atoms with Gasteiger partial charge in [0, 0.05) is 0 Å². The molecule has 0 bridgehead atoms. The van der Waals surface area contributed by atoms with Crippen molar-refractivity contribution in [1.29, 1.82) is 0 Å².